The molecule has 5 rings (SSSR count). The van der Waals surface area contributed by atoms with Gasteiger partial charge in [0.25, 0.3) is 5.91 Å². The third-order valence-electron chi connectivity index (χ3n) is 6.19. The Labute approximate surface area is 209 Å². The average Bonchev–Trinajstić information content (AvgIpc) is 3.46. The Morgan fingerprint density at radius 2 is 1.71 bits per heavy atom. The lowest BCUT2D eigenvalue weighted by atomic mass is 9.98. The standard InChI is InChI=1S/C28H26N4O2S/c1-18-12-14-21(15-13-18)24-16-23(20-9-4-3-5-10-20)31-32(24)28-30-27(34)25(35-28)17-26(33)29-22-11-7-6-8-19(22)2/h3-15,24-25H,16-17H2,1-2H3,(H,29,33). The Balaban J connectivity index is 1.35. The Morgan fingerprint density at radius 1 is 1.00 bits per heavy atom. The number of rotatable bonds is 5. The van der Waals surface area contributed by atoms with E-state index in [-0.39, 0.29) is 24.3 Å². The van der Waals surface area contributed by atoms with Crippen LogP contribution in [0.15, 0.2) is 89.0 Å². The van der Waals surface area contributed by atoms with E-state index in [4.69, 9.17) is 5.10 Å². The molecular formula is C28H26N4O2S. The Hall–Kier alpha value is -3.71. The van der Waals surface area contributed by atoms with Gasteiger partial charge in [0.2, 0.25) is 5.91 Å². The van der Waals surface area contributed by atoms with Gasteiger partial charge in [-0.2, -0.15) is 10.1 Å². The molecule has 2 aliphatic rings. The van der Waals surface area contributed by atoms with Crippen molar-refractivity contribution >= 4 is 40.1 Å². The van der Waals surface area contributed by atoms with E-state index in [9.17, 15) is 9.59 Å². The molecule has 3 aromatic carbocycles. The summed E-state index contributed by atoms with van der Waals surface area (Å²) in [6.07, 6.45) is 0.766. The summed E-state index contributed by atoms with van der Waals surface area (Å²) in [6, 6.07) is 26.0. The third kappa shape index (κ3) is 5.05. The molecule has 0 saturated heterocycles. The highest BCUT2D eigenvalue weighted by molar-refractivity contribution is 8.15. The molecule has 2 atom stereocenters. The zero-order valence-electron chi connectivity index (χ0n) is 19.6. The van der Waals surface area contributed by atoms with Crippen molar-refractivity contribution in [1.29, 1.82) is 0 Å². The molecule has 2 unspecified atom stereocenters. The van der Waals surface area contributed by atoms with Crippen LogP contribution < -0.4 is 5.32 Å². The first kappa shape index (κ1) is 23.1. The van der Waals surface area contributed by atoms with Crippen LogP contribution >= 0.6 is 11.8 Å². The lowest BCUT2D eigenvalue weighted by Crippen LogP contribution is -2.25. The van der Waals surface area contributed by atoms with E-state index in [2.05, 4.69) is 41.5 Å². The van der Waals surface area contributed by atoms with Crippen molar-refractivity contribution in [2.45, 2.75) is 38.0 Å². The molecular weight excluding hydrogens is 456 g/mol. The van der Waals surface area contributed by atoms with E-state index < -0.39 is 5.25 Å². The van der Waals surface area contributed by atoms with Gasteiger partial charge in [0, 0.05) is 18.5 Å². The predicted octanol–water partition coefficient (Wildman–Crippen LogP) is 5.48. The van der Waals surface area contributed by atoms with Gasteiger partial charge in [-0.15, -0.1) is 0 Å². The summed E-state index contributed by atoms with van der Waals surface area (Å²) >= 11 is 1.32. The minimum atomic E-state index is -0.566. The molecule has 35 heavy (non-hydrogen) atoms. The number of hydrazone groups is 1. The highest BCUT2D eigenvalue weighted by atomic mass is 32.2. The van der Waals surface area contributed by atoms with Gasteiger partial charge in [0.05, 0.1) is 11.8 Å². The largest absolute Gasteiger partial charge is 0.326 e. The monoisotopic (exact) mass is 482 g/mol. The number of carbonyl (C=O) groups is 2. The summed E-state index contributed by atoms with van der Waals surface area (Å²) in [5.74, 6) is -0.498. The number of hydrogen-bond donors (Lipinski definition) is 1. The minimum absolute atomic E-state index is 0.0587. The molecule has 176 valence electrons. The van der Waals surface area contributed by atoms with Gasteiger partial charge >= 0.3 is 0 Å². The first-order valence-corrected chi connectivity index (χ1v) is 12.5. The van der Waals surface area contributed by atoms with Crippen molar-refractivity contribution in [3.8, 4) is 0 Å². The van der Waals surface area contributed by atoms with Gasteiger partial charge in [-0.3, -0.25) is 9.59 Å². The van der Waals surface area contributed by atoms with E-state index in [0.29, 0.717) is 11.6 Å². The summed E-state index contributed by atoms with van der Waals surface area (Å²) in [6.45, 7) is 4.00. The summed E-state index contributed by atoms with van der Waals surface area (Å²) in [7, 11) is 0. The number of para-hydroxylation sites is 1. The van der Waals surface area contributed by atoms with Crippen LogP contribution in [0.4, 0.5) is 5.69 Å². The molecule has 0 saturated carbocycles. The number of nitrogens with zero attached hydrogens (tertiary/aromatic N) is 3. The van der Waals surface area contributed by atoms with Crippen molar-refractivity contribution in [1.82, 2.24) is 5.01 Å². The molecule has 2 amide bonds. The molecule has 0 aromatic heterocycles. The van der Waals surface area contributed by atoms with Gasteiger partial charge in [0.15, 0.2) is 5.17 Å². The lowest BCUT2D eigenvalue weighted by molar-refractivity contribution is -0.121. The Morgan fingerprint density at radius 3 is 2.46 bits per heavy atom. The number of aliphatic imine (C=N–C) groups is 1. The number of carbonyl (C=O) groups excluding carboxylic acids is 2. The summed E-state index contributed by atoms with van der Waals surface area (Å²) in [5.41, 5.74) is 6.03. The number of aryl methyl sites for hydroxylation is 2. The van der Waals surface area contributed by atoms with Crippen LogP contribution in [0.5, 0.6) is 0 Å². The second-order valence-corrected chi connectivity index (χ2v) is 9.96. The van der Waals surface area contributed by atoms with Crippen molar-refractivity contribution in [2.24, 2.45) is 10.1 Å². The summed E-state index contributed by atoms with van der Waals surface area (Å²) in [4.78, 5) is 29.8. The molecule has 1 N–H and O–H groups in total. The van der Waals surface area contributed by atoms with Crippen LogP contribution in [0, 0.1) is 13.8 Å². The molecule has 6 nitrogen and oxygen atoms in total. The van der Waals surface area contributed by atoms with Gasteiger partial charge < -0.3 is 5.32 Å². The summed E-state index contributed by atoms with van der Waals surface area (Å²) < 4.78 is 0. The number of anilines is 1. The van der Waals surface area contributed by atoms with Gasteiger partial charge in [0.1, 0.15) is 5.25 Å². The molecule has 2 aliphatic heterocycles. The van der Waals surface area contributed by atoms with Crippen molar-refractivity contribution in [3.05, 3.63) is 101 Å². The van der Waals surface area contributed by atoms with Crippen molar-refractivity contribution in [2.75, 3.05) is 5.32 Å². The highest BCUT2D eigenvalue weighted by Gasteiger charge is 2.39. The van der Waals surface area contributed by atoms with Gasteiger partial charge in [-0.25, -0.2) is 5.01 Å². The zero-order valence-corrected chi connectivity index (χ0v) is 20.5. The molecule has 2 heterocycles. The highest BCUT2D eigenvalue weighted by Crippen LogP contribution is 2.38. The Bertz CT molecular complexity index is 1320. The second kappa shape index (κ2) is 9.88. The number of thioether (sulfide) groups is 1. The fourth-order valence-corrected chi connectivity index (χ4v) is 5.29. The van der Waals surface area contributed by atoms with E-state index in [1.807, 2.05) is 66.5 Å². The maximum absolute atomic E-state index is 12.8. The van der Waals surface area contributed by atoms with E-state index in [1.54, 1.807) is 0 Å². The van der Waals surface area contributed by atoms with Crippen molar-refractivity contribution in [3.63, 3.8) is 0 Å². The topological polar surface area (TPSA) is 74.1 Å². The lowest BCUT2D eigenvalue weighted by Gasteiger charge is -2.23. The van der Waals surface area contributed by atoms with Crippen LogP contribution in [-0.4, -0.2) is 33.0 Å². The molecule has 0 fully saturated rings. The molecule has 0 bridgehead atoms. The van der Waals surface area contributed by atoms with E-state index in [1.165, 1.54) is 17.3 Å². The minimum Gasteiger partial charge on any atom is -0.326 e. The van der Waals surface area contributed by atoms with Crippen molar-refractivity contribution < 1.29 is 9.59 Å². The maximum Gasteiger partial charge on any atom is 0.262 e. The number of nitrogens with one attached hydrogen (secondary N) is 1. The number of amides is 2. The molecule has 0 aliphatic carbocycles. The molecule has 3 aromatic rings. The SMILES string of the molecule is Cc1ccc(C2CC(c3ccccc3)=NN2C2=NC(=O)C(CC(=O)Nc3ccccc3C)S2)cc1. The Kier molecular flexibility index (Phi) is 6.51. The van der Waals surface area contributed by atoms with Gasteiger partial charge in [-0.05, 0) is 36.6 Å². The van der Waals surface area contributed by atoms with Crippen LogP contribution in [0.2, 0.25) is 0 Å². The fraction of sp³-hybridized carbons (Fsp3) is 0.214. The number of hydrogen-bond acceptors (Lipinski definition) is 5. The van der Waals surface area contributed by atoms with Crippen LogP contribution in [-0.2, 0) is 9.59 Å². The first-order valence-electron chi connectivity index (χ1n) is 11.6. The van der Waals surface area contributed by atoms with Crippen LogP contribution in [0.1, 0.15) is 41.1 Å². The molecule has 0 spiro atoms. The first-order chi connectivity index (χ1) is 17.0. The second-order valence-electron chi connectivity index (χ2n) is 8.79. The fourth-order valence-electron chi connectivity index (χ4n) is 4.23. The van der Waals surface area contributed by atoms with Gasteiger partial charge in [-0.1, -0.05) is 90.1 Å². The molecule has 7 heteroatoms. The predicted molar refractivity (Wildman–Crippen MR) is 142 cm³/mol. The maximum atomic E-state index is 12.8. The quantitative estimate of drug-likeness (QED) is 0.523. The zero-order chi connectivity index (χ0) is 24.4. The normalized spacial score (nSPS) is 19.5. The summed E-state index contributed by atoms with van der Waals surface area (Å²) in [5, 5.41) is 9.64. The number of amidine groups is 1. The average molecular weight is 483 g/mol. The smallest absolute Gasteiger partial charge is 0.262 e. The third-order valence-corrected chi connectivity index (χ3v) is 7.34. The molecule has 0 radical (unpaired) electrons. The van der Waals surface area contributed by atoms with E-state index in [0.717, 1.165) is 28.1 Å². The van der Waals surface area contributed by atoms with E-state index >= 15 is 0 Å². The van der Waals surface area contributed by atoms with Crippen LogP contribution in [0.3, 0.4) is 0 Å². The van der Waals surface area contributed by atoms with Crippen LogP contribution in [0.25, 0.3) is 0 Å². The number of benzene rings is 3.